The summed E-state index contributed by atoms with van der Waals surface area (Å²) in [6.45, 7) is 3.96. The van der Waals surface area contributed by atoms with E-state index in [1.54, 1.807) is 0 Å². The van der Waals surface area contributed by atoms with E-state index in [0.717, 1.165) is 36.9 Å². The molecule has 1 N–H and O–H groups in total. The maximum atomic E-state index is 12.1. The average molecular weight is 394 g/mol. The van der Waals surface area contributed by atoms with Crippen LogP contribution in [0.2, 0.25) is 5.02 Å². The number of hydrogen-bond acceptors (Lipinski definition) is 6. The number of carbonyl (C=O) groups is 1. The predicted octanol–water partition coefficient (Wildman–Crippen LogP) is 0.750. The molecule has 0 bridgehead atoms. The molecule has 0 spiro atoms. The van der Waals surface area contributed by atoms with Gasteiger partial charge in [0.25, 0.3) is 0 Å². The number of nitrogens with zero attached hydrogens (tertiary/aromatic N) is 1. The summed E-state index contributed by atoms with van der Waals surface area (Å²) in [5, 5.41) is 0.735. The van der Waals surface area contributed by atoms with Gasteiger partial charge in [0, 0.05) is 16.8 Å². The molecule has 1 aliphatic heterocycles. The van der Waals surface area contributed by atoms with Crippen LogP contribution in [-0.2, 0) is 16.1 Å². The first kappa shape index (κ1) is 19.3. The van der Waals surface area contributed by atoms with E-state index in [1.807, 2.05) is 18.2 Å². The van der Waals surface area contributed by atoms with E-state index >= 15 is 0 Å². The van der Waals surface area contributed by atoms with Crippen LogP contribution in [0.1, 0.15) is 5.76 Å². The van der Waals surface area contributed by atoms with Gasteiger partial charge in [-0.3, -0.25) is 4.79 Å². The van der Waals surface area contributed by atoms with Crippen molar-refractivity contribution in [3.05, 3.63) is 57.6 Å². The minimum absolute atomic E-state index is 0.00456. The zero-order valence-corrected chi connectivity index (χ0v) is 15.8. The normalized spacial score (nSPS) is 14.8. The molecule has 8 heteroatoms. The van der Waals surface area contributed by atoms with Crippen molar-refractivity contribution in [3.8, 4) is 5.75 Å². The molecule has 1 aromatic carbocycles. The Bertz CT molecular complexity index is 846. The second-order valence-corrected chi connectivity index (χ2v) is 6.77. The molecule has 1 saturated heterocycles. The van der Waals surface area contributed by atoms with Crippen molar-refractivity contribution in [2.45, 2.75) is 6.54 Å². The number of benzene rings is 1. The lowest BCUT2D eigenvalue weighted by Gasteiger charge is -2.33. The van der Waals surface area contributed by atoms with Crippen molar-refractivity contribution in [2.75, 3.05) is 44.8 Å². The molecule has 144 valence electrons. The first-order valence-corrected chi connectivity index (χ1v) is 9.08. The van der Waals surface area contributed by atoms with Gasteiger partial charge in [0.15, 0.2) is 12.4 Å². The first-order valence-electron chi connectivity index (χ1n) is 8.70. The summed E-state index contributed by atoms with van der Waals surface area (Å²) in [5.41, 5.74) is 0.817. The Kier molecular flexibility index (Phi) is 6.36. The van der Waals surface area contributed by atoms with Gasteiger partial charge >= 0.3 is 5.97 Å². The smallest absolute Gasteiger partial charge is 0.343 e. The molecular formula is C19H22ClN2O5+. The van der Waals surface area contributed by atoms with Crippen LogP contribution in [0.4, 0.5) is 5.69 Å². The van der Waals surface area contributed by atoms with Crippen LogP contribution in [0.5, 0.6) is 5.75 Å². The Balaban J connectivity index is 1.53. The molecule has 0 atom stereocenters. The third kappa shape index (κ3) is 5.24. The van der Waals surface area contributed by atoms with Gasteiger partial charge in [-0.25, -0.2) is 4.79 Å². The van der Waals surface area contributed by atoms with Crippen LogP contribution in [0.25, 0.3) is 0 Å². The Morgan fingerprint density at radius 3 is 2.74 bits per heavy atom. The number of piperazine rings is 1. The molecular weight excluding hydrogens is 372 g/mol. The molecule has 27 heavy (non-hydrogen) atoms. The number of methoxy groups -OCH3 is 1. The van der Waals surface area contributed by atoms with Crippen LogP contribution >= 0.6 is 11.6 Å². The number of carbonyl (C=O) groups excluding carboxylic acids is 1. The van der Waals surface area contributed by atoms with Gasteiger partial charge in [-0.05, 0) is 18.2 Å². The molecule has 0 saturated carbocycles. The highest BCUT2D eigenvalue weighted by Crippen LogP contribution is 2.19. The predicted molar refractivity (Wildman–Crippen MR) is 101 cm³/mol. The zero-order valence-electron chi connectivity index (χ0n) is 15.1. The fourth-order valence-electron chi connectivity index (χ4n) is 3.01. The highest BCUT2D eigenvalue weighted by Gasteiger charge is 2.21. The van der Waals surface area contributed by atoms with Crippen molar-refractivity contribution in [3.63, 3.8) is 0 Å². The summed E-state index contributed by atoms with van der Waals surface area (Å²) >= 11 is 6.07. The SMILES string of the molecule is COC(=O)COc1coc(C[NH+]2CCN(c3cccc(Cl)c3)CC2)cc1=O. The van der Waals surface area contributed by atoms with Crippen LogP contribution in [0.3, 0.4) is 0 Å². The fraction of sp³-hybridized carbons (Fsp3) is 0.368. The third-order valence-corrected chi connectivity index (χ3v) is 4.73. The summed E-state index contributed by atoms with van der Waals surface area (Å²) in [4.78, 5) is 26.8. The summed E-state index contributed by atoms with van der Waals surface area (Å²) in [5.74, 6) is 0.0436. The Morgan fingerprint density at radius 1 is 1.30 bits per heavy atom. The van der Waals surface area contributed by atoms with Crippen LogP contribution < -0.4 is 20.0 Å². The van der Waals surface area contributed by atoms with Crippen LogP contribution in [0, 0.1) is 0 Å². The van der Waals surface area contributed by atoms with Crippen molar-refractivity contribution in [2.24, 2.45) is 0 Å². The quantitative estimate of drug-likeness (QED) is 0.730. The monoisotopic (exact) mass is 393 g/mol. The third-order valence-electron chi connectivity index (χ3n) is 4.49. The molecule has 0 amide bonds. The van der Waals surface area contributed by atoms with Gasteiger partial charge in [0.05, 0.1) is 33.3 Å². The fourth-order valence-corrected chi connectivity index (χ4v) is 3.19. The van der Waals surface area contributed by atoms with Crippen LogP contribution in [0.15, 0.2) is 45.8 Å². The van der Waals surface area contributed by atoms with Gasteiger partial charge in [0.2, 0.25) is 11.2 Å². The largest absolute Gasteiger partial charge is 0.475 e. The molecule has 0 unspecified atom stereocenters. The number of quaternary nitrogens is 1. The van der Waals surface area contributed by atoms with E-state index in [9.17, 15) is 9.59 Å². The molecule has 2 aromatic rings. The highest BCUT2D eigenvalue weighted by atomic mass is 35.5. The van der Waals surface area contributed by atoms with E-state index < -0.39 is 5.97 Å². The first-order chi connectivity index (χ1) is 13.0. The number of hydrogen-bond donors (Lipinski definition) is 1. The Morgan fingerprint density at radius 2 is 2.07 bits per heavy atom. The van der Waals surface area contributed by atoms with Gasteiger partial charge < -0.3 is 23.7 Å². The highest BCUT2D eigenvalue weighted by molar-refractivity contribution is 6.30. The topological polar surface area (TPSA) is 73.4 Å². The Hall–Kier alpha value is -2.51. The number of nitrogens with one attached hydrogen (secondary N) is 1. The van der Waals surface area contributed by atoms with Crippen molar-refractivity contribution >= 4 is 23.3 Å². The standard InChI is InChI=1S/C19H21ClN2O5/c1-25-19(24)13-27-18-12-26-16(10-17(18)23)11-21-5-7-22(8-6-21)15-4-2-3-14(20)9-15/h2-4,9-10,12H,5-8,11,13H2,1H3/p+1. The molecule has 7 nitrogen and oxygen atoms in total. The number of anilines is 1. The summed E-state index contributed by atoms with van der Waals surface area (Å²) in [6.07, 6.45) is 1.25. The molecule has 3 rings (SSSR count). The van der Waals surface area contributed by atoms with Crippen molar-refractivity contribution < 1.29 is 23.6 Å². The van der Waals surface area contributed by atoms with E-state index in [-0.39, 0.29) is 17.8 Å². The van der Waals surface area contributed by atoms with Gasteiger partial charge in [0.1, 0.15) is 12.8 Å². The van der Waals surface area contributed by atoms with Crippen LogP contribution in [-0.4, -0.2) is 45.9 Å². The van der Waals surface area contributed by atoms with E-state index in [1.165, 1.54) is 24.3 Å². The minimum atomic E-state index is -0.555. The number of rotatable bonds is 6. The van der Waals surface area contributed by atoms with E-state index in [2.05, 4.69) is 15.7 Å². The second-order valence-electron chi connectivity index (χ2n) is 6.33. The molecule has 1 fully saturated rings. The van der Waals surface area contributed by atoms with Gasteiger partial charge in [-0.15, -0.1) is 0 Å². The lowest BCUT2D eigenvalue weighted by molar-refractivity contribution is -0.915. The number of esters is 1. The molecule has 0 aliphatic carbocycles. The summed E-state index contributed by atoms with van der Waals surface area (Å²) in [7, 11) is 1.26. The average Bonchev–Trinajstić information content (AvgIpc) is 2.67. The maximum absolute atomic E-state index is 12.1. The van der Waals surface area contributed by atoms with Gasteiger partial charge in [-0.1, -0.05) is 17.7 Å². The number of halogens is 1. The van der Waals surface area contributed by atoms with Crippen molar-refractivity contribution in [1.82, 2.24) is 0 Å². The second kappa shape index (κ2) is 8.92. The number of ether oxygens (including phenoxy) is 2. The molecule has 0 radical (unpaired) electrons. The minimum Gasteiger partial charge on any atom is -0.475 e. The maximum Gasteiger partial charge on any atom is 0.343 e. The van der Waals surface area contributed by atoms with E-state index in [4.69, 9.17) is 20.8 Å². The lowest BCUT2D eigenvalue weighted by Crippen LogP contribution is -3.13. The zero-order chi connectivity index (χ0) is 19.2. The van der Waals surface area contributed by atoms with E-state index in [0.29, 0.717) is 12.3 Å². The lowest BCUT2D eigenvalue weighted by atomic mass is 10.2. The molecule has 1 aliphatic rings. The molecule has 2 heterocycles. The summed E-state index contributed by atoms with van der Waals surface area (Å²) in [6, 6.07) is 9.27. The summed E-state index contributed by atoms with van der Waals surface area (Å²) < 4.78 is 15.1. The van der Waals surface area contributed by atoms with Crippen molar-refractivity contribution in [1.29, 1.82) is 0 Å². The molecule has 1 aromatic heterocycles. The van der Waals surface area contributed by atoms with Gasteiger partial charge in [-0.2, -0.15) is 0 Å². The Labute approximate surface area is 162 Å².